The van der Waals surface area contributed by atoms with Gasteiger partial charge in [-0.2, -0.15) is 0 Å². The smallest absolute Gasteiger partial charge is 0.0695 e. The fraction of sp³-hybridized carbons (Fsp3) is 1.00. The Balaban J connectivity index is 2.41. The molecular formula is C16H33NO. The minimum atomic E-state index is -0.101. The molecule has 108 valence electrons. The summed E-state index contributed by atoms with van der Waals surface area (Å²) in [5, 5.41) is 10.4. The van der Waals surface area contributed by atoms with Crippen molar-refractivity contribution in [2.24, 2.45) is 5.92 Å². The first kappa shape index (κ1) is 16.0. The van der Waals surface area contributed by atoms with Crippen LogP contribution in [0.25, 0.3) is 0 Å². The zero-order valence-corrected chi connectivity index (χ0v) is 12.7. The van der Waals surface area contributed by atoms with Crippen molar-refractivity contribution in [3.63, 3.8) is 0 Å². The second-order valence-corrected chi connectivity index (χ2v) is 6.07. The molecule has 0 radical (unpaired) electrons. The average molecular weight is 255 g/mol. The predicted octanol–water partition coefficient (Wildman–Crippen LogP) is 3.83. The molecule has 0 heterocycles. The van der Waals surface area contributed by atoms with Crippen molar-refractivity contribution in [3.05, 3.63) is 0 Å². The highest BCUT2D eigenvalue weighted by atomic mass is 16.3. The van der Waals surface area contributed by atoms with E-state index in [0.29, 0.717) is 12.0 Å². The van der Waals surface area contributed by atoms with Crippen molar-refractivity contribution < 1.29 is 5.11 Å². The van der Waals surface area contributed by atoms with Gasteiger partial charge in [0.1, 0.15) is 0 Å². The zero-order chi connectivity index (χ0) is 13.4. The van der Waals surface area contributed by atoms with Crippen LogP contribution in [0.5, 0.6) is 0 Å². The average Bonchev–Trinajstić information content (AvgIpc) is 2.43. The molecule has 18 heavy (non-hydrogen) atoms. The summed E-state index contributed by atoms with van der Waals surface area (Å²) in [7, 11) is 0. The van der Waals surface area contributed by atoms with Gasteiger partial charge in [0.05, 0.1) is 6.10 Å². The van der Waals surface area contributed by atoms with Crippen LogP contribution >= 0.6 is 0 Å². The molecule has 0 spiro atoms. The number of hydrogen-bond donors (Lipinski definition) is 1. The molecule has 0 aromatic carbocycles. The van der Waals surface area contributed by atoms with Gasteiger partial charge >= 0.3 is 0 Å². The highest BCUT2D eigenvalue weighted by molar-refractivity contribution is 4.78. The molecule has 0 aromatic heterocycles. The summed E-state index contributed by atoms with van der Waals surface area (Å²) in [6.07, 6.45) is 10.1. The van der Waals surface area contributed by atoms with Gasteiger partial charge in [-0.15, -0.1) is 0 Å². The van der Waals surface area contributed by atoms with Gasteiger partial charge < -0.3 is 5.11 Å². The van der Waals surface area contributed by atoms with Gasteiger partial charge in [0.15, 0.2) is 0 Å². The van der Waals surface area contributed by atoms with Gasteiger partial charge in [0, 0.05) is 12.6 Å². The minimum Gasteiger partial charge on any atom is -0.392 e. The van der Waals surface area contributed by atoms with Crippen LogP contribution in [-0.4, -0.2) is 35.2 Å². The predicted molar refractivity (Wildman–Crippen MR) is 78.8 cm³/mol. The van der Waals surface area contributed by atoms with Gasteiger partial charge in [0.25, 0.3) is 0 Å². The second-order valence-electron chi connectivity index (χ2n) is 6.07. The molecule has 0 aromatic rings. The summed E-state index contributed by atoms with van der Waals surface area (Å²) in [4.78, 5) is 2.50. The van der Waals surface area contributed by atoms with Crippen LogP contribution in [0, 0.1) is 5.92 Å². The van der Waals surface area contributed by atoms with Gasteiger partial charge in [-0.25, -0.2) is 0 Å². The summed E-state index contributed by atoms with van der Waals surface area (Å²) in [5.41, 5.74) is 0. The highest BCUT2D eigenvalue weighted by Gasteiger charge is 2.24. The molecule has 0 amide bonds. The molecule has 2 unspecified atom stereocenters. The monoisotopic (exact) mass is 255 g/mol. The molecule has 2 nitrogen and oxygen atoms in total. The SMILES string of the molecule is CCCCN(CC(O)C1CCCCC1)C(C)CC. The molecule has 1 aliphatic carbocycles. The van der Waals surface area contributed by atoms with Crippen molar-refractivity contribution in [2.45, 2.75) is 84.3 Å². The lowest BCUT2D eigenvalue weighted by molar-refractivity contribution is 0.0345. The summed E-state index contributed by atoms with van der Waals surface area (Å²) in [6, 6.07) is 0.606. The third-order valence-electron chi connectivity index (χ3n) is 4.63. The zero-order valence-electron chi connectivity index (χ0n) is 12.7. The lowest BCUT2D eigenvalue weighted by atomic mass is 9.85. The van der Waals surface area contributed by atoms with Crippen molar-refractivity contribution in [1.29, 1.82) is 0 Å². The number of nitrogens with zero attached hydrogens (tertiary/aromatic N) is 1. The maximum atomic E-state index is 10.4. The first-order chi connectivity index (χ1) is 8.69. The second kappa shape index (κ2) is 8.92. The van der Waals surface area contributed by atoms with E-state index in [2.05, 4.69) is 25.7 Å². The summed E-state index contributed by atoms with van der Waals surface area (Å²) in [6.45, 7) is 8.82. The van der Waals surface area contributed by atoms with Gasteiger partial charge in [0.2, 0.25) is 0 Å². The van der Waals surface area contributed by atoms with Crippen LogP contribution in [0.1, 0.15) is 72.1 Å². The van der Waals surface area contributed by atoms with Crippen LogP contribution in [-0.2, 0) is 0 Å². The van der Waals surface area contributed by atoms with Crippen molar-refractivity contribution >= 4 is 0 Å². The van der Waals surface area contributed by atoms with Crippen LogP contribution in [0.3, 0.4) is 0 Å². The lowest BCUT2D eigenvalue weighted by Gasteiger charge is -2.34. The molecule has 1 N–H and O–H groups in total. The van der Waals surface area contributed by atoms with Crippen LogP contribution in [0.4, 0.5) is 0 Å². The van der Waals surface area contributed by atoms with E-state index in [4.69, 9.17) is 0 Å². The summed E-state index contributed by atoms with van der Waals surface area (Å²) in [5.74, 6) is 0.562. The van der Waals surface area contributed by atoms with E-state index in [0.717, 1.165) is 13.1 Å². The fourth-order valence-corrected chi connectivity index (χ4v) is 3.02. The largest absolute Gasteiger partial charge is 0.392 e. The normalized spacial score (nSPS) is 21.2. The van der Waals surface area contributed by atoms with E-state index in [1.54, 1.807) is 0 Å². The van der Waals surface area contributed by atoms with Crippen LogP contribution in [0.2, 0.25) is 0 Å². The van der Waals surface area contributed by atoms with E-state index < -0.39 is 0 Å². The molecule has 2 heteroatoms. The van der Waals surface area contributed by atoms with Crippen LogP contribution < -0.4 is 0 Å². The number of rotatable bonds is 8. The Labute approximate surface area is 114 Å². The Kier molecular flexibility index (Phi) is 7.92. The number of aliphatic hydroxyl groups is 1. The molecule has 0 aliphatic heterocycles. The number of aliphatic hydroxyl groups excluding tert-OH is 1. The third-order valence-corrected chi connectivity index (χ3v) is 4.63. The molecule has 2 atom stereocenters. The van der Waals surface area contributed by atoms with E-state index in [1.807, 2.05) is 0 Å². The minimum absolute atomic E-state index is 0.101. The first-order valence-corrected chi connectivity index (χ1v) is 8.11. The molecule has 1 aliphatic rings. The van der Waals surface area contributed by atoms with Gasteiger partial charge in [-0.1, -0.05) is 39.5 Å². The van der Waals surface area contributed by atoms with Crippen molar-refractivity contribution in [3.8, 4) is 0 Å². The van der Waals surface area contributed by atoms with Crippen molar-refractivity contribution in [1.82, 2.24) is 4.90 Å². The molecule has 1 fully saturated rings. The molecular weight excluding hydrogens is 222 g/mol. The van der Waals surface area contributed by atoms with Gasteiger partial charge in [-0.05, 0) is 45.1 Å². The molecule has 0 saturated heterocycles. The van der Waals surface area contributed by atoms with E-state index in [1.165, 1.54) is 51.4 Å². The highest BCUT2D eigenvalue weighted by Crippen LogP contribution is 2.27. The Bertz CT molecular complexity index is 201. The Morgan fingerprint density at radius 3 is 2.39 bits per heavy atom. The Morgan fingerprint density at radius 2 is 1.83 bits per heavy atom. The molecule has 1 saturated carbocycles. The topological polar surface area (TPSA) is 23.5 Å². The summed E-state index contributed by atoms with van der Waals surface area (Å²) < 4.78 is 0. The summed E-state index contributed by atoms with van der Waals surface area (Å²) >= 11 is 0. The Morgan fingerprint density at radius 1 is 1.17 bits per heavy atom. The number of unbranched alkanes of at least 4 members (excludes halogenated alkanes) is 1. The molecule has 1 rings (SSSR count). The van der Waals surface area contributed by atoms with Crippen LogP contribution in [0.15, 0.2) is 0 Å². The molecule has 0 bridgehead atoms. The van der Waals surface area contributed by atoms with Crippen molar-refractivity contribution in [2.75, 3.05) is 13.1 Å². The maximum absolute atomic E-state index is 10.4. The number of hydrogen-bond acceptors (Lipinski definition) is 2. The maximum Gasteiger partial charge on any atom is 0.0695 e. The standard InChI is InChI=1S/C16H33NO/c1-4-6-12-17(14(3)5-2)13-16(18)15-10-8-7-9-11-15/h14-16,18H,4-13H2,1-3H3. The lowest BCUT2D eigenvalue weighted by Crippen LogP contribution is -2.42. The van der Waals surface area contributed by atoms with Gasteiger partial charge in [-0.3, -0.25) is 4.90 Å². The van der Waals surface area contributed by atoms with E-state index >= 15 is 0 Å². The quantitative estimate of drug-likeness (QED) is 0.712. The fourth-order valence-electron chi connectivity index (χ4n) is 3.02. The Hall–Kier alpha value is -0.0800. The van der Waals surface area contributed by atoms with E-state index in [9.17, 15) is 5.11 Å². The third kappa shape index (κ3) is 5.27. The first-order valence-electron chi connectivity index (χ1n) is 8.11. The van der Waals surface area contributed by atoms with E-state index in [-0.39, 0.29) is 6.10 Å².